The minimum atomic E-state index is -0.408. The predicted molar refractivity (Wildman–Crippen MR) is 108 cm³/mol. The summed E-state index contributed by atoms with van der Waals surface area (Å²) >= 11 is 0. The monoisotopic (exact) mass is 378 g/mol. The molecule has 3 aromatic rings. The van der Waals surface area contributed by atoms with Gasteiger partial charge in [-0.3, -0.25) is 9.89 Å². The van der Waals surface area contributed by atoms with E-state index in [4.69, 9.17) is 4.74 Å². The highest BCUT2D eigenvalue weighted by Crippen LogP contribution is 2.21. The largest absolute Gasteiger partial charge is 0.508 e. The van der Waals surface area contributed by atoms with E-state index in [1.807, 2.05) is 24.3 Å². The molecule has 28 heavy (non-hydrogen) atoms. The maximum Gasteiger partial charge on any atom is 0.289 e. The number of hydrogen-bond acceptors (Lipinski definition) is 5. The van der Waals surface area contributed by atoms with Crippen molar-refractivity contribution in [2.24, 2.45) is 5.10 Å². The normalized spacial score (nSPS) is 10.9. The predicted octanol–water partition coefficient (Wildman–Crippen LogP) is 3.73. The van der Waals surface area contributed by atoms with Gasteiger partial charge >= 0.3 is 0 Å². The number of aromatic amines is 1. The number of ether oxygens (including phenoxy) is 1. The summed E-state index contributed by atoms with van der Waals surface area (Å²) in [7, 11) is 0. The van der Waals surface area contributed by atoms with Gasteiger partial charge in [0.15, 0.2) is 0 Å². The van der Waals surface area contributed by atoms with Crippen LogP contribution in [-0.4, -0.2) is 34.0 Å². The number of nitrogens with one attached hydrogen (secondary N) is 2. The zero-order valence-corrected chi connectivity index (χ0v) is 15.6. The zero-order valence-electron chi connectivity index (χ0n) is 15.6. The molecule has 3 rings (SSSR count). The highest BCUT2D eigenvalue weighted by atomic mass is 16.5. The minimum Gasteiger partial charge on any atom is -0.508 e. The summed E-state index contributed by atoms with van der Waals surface area (Å²) in [6, 6.07) is 15.8. The molecule has 0 radical (unpaired) electrons. The lowest BCUT2D eigenvalue weighted by Crippen LogP contribution is -2.17. The summed E-state index contributed by atoms with van der Waals surface area (Å²) in [5.41, 5.74) is 4.93. The second-order valence-electron chi connectivity index (χ2n) is 6.19. The summed E-state index contributed by atoms with van der Waals surface area (Å²) in [6.07, 6.45) is 3.56. The van der Waals surface area contributed by atoms with Gasteiger partial charge in [0.2, 0.25) is 0 Å². The molecule has 7 heteroatoms. The first-order valence-corrected chi connectivity index (χ1v) is 9.07. The molecule has 0 bridgehead atoms. The number of phenols is 1. The molecule has 144 valence electrons. The molecule has 0 unspecified atom stereocenters. The van der Waals surface area contributed by atoms with Gasteiger partial charge in [-0.1, -0.05) is 25.5 Å². The van der Waals surface area contributed by atoms with Gasteiger partial charge in [-0.2, -0.15) is 10.2 Å². The first-order chi connectivity index (χ1) is 13.7. The topological polar surface area (TPSA) is 99.6 Å². The molecule has 0 aliphatic heterocycles. The summed E-state index contributed by atoms with van der Waals surface area (Å²) in [6.45, 7) is 2.82. The number of aromatic nitrogens is 2. The van der Waals surface area contributed by atoms with Gasteiger partial charge in [-0.25, -0.2) is 5.43 Å². The molecule has 7 nitrogen and oxygen atoms in total. The van der Waals surface area contributed by atoms with Gasteiger partial charge in [-0.05, 0) is 54.4 Å². The standard InChI is InChI=1S/C21H22N4O3/c1-2-3-11-28-18-9-7-16(8-10-18)19-13-20(24-23-19)21(27)25-22-14-15-5-4-6-17(26)12-15/h4-10,12-14,26H,2-3,11H2,1H3,(H,23,24)(H,25,27). The number of nitrogens with zero attached hydrogens (tertiary/aromatic N) is 2. The third-order valence-electron chi connectivity index (χ3n) is 3.99. The zero-order chi connectivity index (χ0) is 19.8. The van der Waals surface area contributed by atoms with Gasteiger partial charge in [0.1, 0.15) is 17.2 Å². The van der Waals surface area contributed by atoms with Crippen LogP contribution in [0.15, 0.2) is 59.7 Å². The van der Waals surface area contributed by atoms with Gasteiger partial charge in [0, 0.05) is 5.56 Å². The van der Waals surface area contributed by atoms with Crippen LogP contribution >= 0.6 is 0 Å². The Morgan fingerprint density at radius 1 is 1.25 bits per heavy atom. The maximum absolute atomic E-state index is 12.2. The number of unbranched alkanes of at least 4 members (excludes halogenated alkanes) is 1. The fourth-order valence-electron chi connectivity index (χ4n) is 2.47. The first-order valence-electron chi connectivity index (χ1n) is 9.07. The van der Waals surface area contributed by atoms with E-state index >= 15 is 0 Å². The lowest BCUT2D eigenvalue weighted by atomic mass is 10.1. The molecule has 1 heterocycles. The molecular formula is C21H22N4O3. The average molecular weight is 378 g/mol. The number of aromatic hydroxyl groups is 1. The number of hydrogen-bond donors (Lipinski definition) is 3. The Morgan fingerprint density at radius 3 is 2.82 bits per heavy atom. The van der Waals surface area contributed by atoms with Gasteiger partial charge in [0.25, 0.3) is 5.91 Å². The first kappa shape index (κ1) is 19.2. The van der Waals surface area contributed by atoms with Crippen molar-refractivity contribution >= 4 is 12.1 Å². The molecular weight excluding hydrogens is 356 g/mol. The number of hydrazone groups is 1. The van der Waals surface area contributed by atoms with Crippen molar-refractivity contribution < 1.29 is 14.6 Å². The van der Waals surface area contributed by atoms with E-state index in [-0.39, 0.29) is 5.75 Å². The van der Waals surface area contributed by atoms with Crippen molar-refractivity contribution in [3.8, 4) is 22.8 Å². The van der Waals surface area contributed by atoms with Crippen molar-refractivity contribution in [2.45, 2.75) is 19.8 Å². The van der Waals surface area contributed by atoms with Crippen LogP contribution in [0.25, 0.3) is 11.3 Å². The molecule has 0 aliphatic rings. The van der Waals surface area contributed by atoms with E-state index < -0.39 is 5.91 Å². The van der Waals surface area contributed by atoms with E-state index in [0.717, 1.165) is 24.2 Å². The summed E-state index contributed by atoms with van der Waals surface area (Å²) in [5, 5.41) is 20.2. The quantitative estimate of drug-likeness (QED) is 0.316. The van der Waals surface area contributed by atoms with Gasteiger partial charge < -0.3 is 9.84 Å². The molecule has 3 N–H and O–H groups in total. The second-order valence-corrected chi connectivity index (χ2v) is 6.19. The number of H-pyrrole nitrogens is 1. The average Bonchev–Trinajstić information content (AvgIpc) is 3.19. The third kappa shape index (κ3) is 5.20. The Hall–Kier alpha value is -3.61. The van der Waals surface area contributed by atoms with Crippen molar-refractivity contribution in [1.82, 2.24) is 15.6 Å². The number of phenolic OH excluding ortho intramolecular Hbond substituents is 1. The Labute approximate surface area is 163 Å². The smallest absolute Gasteiger partial charge is 0.289 e. The van der Waals surface area contributed by atoms with Crippen LogP contribution in [0.3, 0.4) is 0 Å². The van der Waals surface area contributed by atoms with Crippen molar-refractivity contribution in [1.29, 1.82) is 0 Å². The number of rotatable bonds is 8. The fraction of sp³-hybridized carbons (Fsp3) is 0.190. The highest BCUT2D eigenvalue weighted by molar-refractivity contribution is 5.94. The fourth-order valence-corrected chi connectivity index (χ4v) is 2.47. The number of benzene rings is 2. The molecule has 0 saturated heterocycles. The van der Waals surface area contributed by atoms with Crippen LogP contribution in [0.4, 0.5) is 0 Å². The lowest BCUT2D eigenvalue weighted by molar-refractivity contribution is 0.0950. The molecule has 0 fully saturated rings. The van der Waals surface area contributed by atoms with Crippen LogP contribution in [0.1, 0.15) is 35.8 Å². The van der Waals surface area contributed by atoms with Crippen molar-refractivity contribution in [3.05, 3.63) is 65.9 Å². The lowest BCUT2D eigenvalue weighted by Gasteiger charge is -2.05. The number of amides is 1. The Bertz CT molecular complexity index is 948. The van der Waals surface area contributed by atoms with Gasteiger partial charge in [0.05, 0.1) is 18.5 Å². The van der Waals surface area contributed by atoms with Crippen LogP contribution in [-0.2, 0) is 0 Å². The number of carbonyl (C=O) groups excluding carboxylic acids is 1. The van der Waals surface area contributed by atoms with Crippen LogP contribution in [0, 0.1) is 0 Å². The van der Waals surface area contributed by atoms with E-state index in [9.17, 15) is 9.90 Å². The second kappa shape index (κ2) is 9.36. The molecule has 1 aromatic heterocycles. The van der Waals surface area contributed by atoms with E-state index in [1.165, 1.54) is 6.21 Å². The van der Waals surface area contributed by atoms with Crippen LogP contribution < -0.4 is 10.2 Å². The Kier molecular flexibility index (Phi) is 6.41. The Morgan fingerprint density at radius 2 is 2.07 bits per heavy atom. The maximum atomic E-state index is 12.2. The van der Waals surface area contributed by atoms with Crippen molar-refractivity contribution in [3.63, 3.8) is 0 Å². The van der Waals surface area contributed by atoms with E-state index in [1.54, 1.807) is 30.3 Å². The minimum absolute atomic E-state index is 0.135. The molecule has 0 atom stereocenters. The Balaban J connectivity index is 1.59. The SMILES string of the molecule is CCCCOc1ccc(-c2cc(C(=O)NN=Cc3cccc(O)c3)[nH]n2)cc1. The highest BCUT2D eigenvalue weighted by Gasteiger charge is 2.10. The third-order valence-corrected chi connectivity index (χ3v) is 3.99. The molecule has 2 aromatic carbocycles. The van der Waals surface area contributed by atoms with Crippen LogP contribution in [0.5, 0.6) is 11.5 Å². The van der Waals surface area contributed by atoms with E-state index in [2.05, 4.69) is 27.6 Å². The summed E-state index contributed by atoms with van der Waals surface area (Å²) in [5.74, 6) is 0.539. The summed E-state index contributed by atoms with van der Waals surface area (Å²) < 4.78 is 5.64. The van der Waals surface area contributed by atoms with Crippen LogP contribution in [0.2, 0.25) is 0 Å². The molecule has 0 spiro atoms. The van der Waals surface area contributed by atoms with E-state index in [0.29, 0.717) is 23.6 Å². The molecule has 1 amide bonds. The number of carbonyl (C=O) groups is 1. The molecule has 0 saturated carbocycles. The molecule has 0 aliphatic carbocycles. The van der Waals surface area contributed by atoms with Crippen molar-refractivity contribution in [2.75, 3.05) is 6.61 Å². The van der Waals surface area contributed by atoms with Gasteiger partial charge in [-0.15, -0.1) is 0 Å². The summed E-state index contributed by atoms with van der Waals surface area (Å²) in [4.78, 5) is 12.2.